The Labute approximate surface area is 101 Å². The van der Waals surface area contributed by atoms with E-state index in [0.717, 1.165) is 17.4 Å². The number of halogens is 1. The Morgan fingerprint density at radius 1 is 1.33 bits per heavy atom. The van der Waals surface area contributed by atoms with Crippen LogP contribution in [-0.2, 0) is 6.42 Å². The van der Waals surface area contributed by atoms with Crippen LogP contribution in [0.3, 0.4) is 0 Å². The molecule has 1 N–H and O–H groups in total. The second-order valence-electron chi connectivity index (χ2n) is 2.98. The molecule has 0 spiro atoms. The summed E-state index contributed by atoms with van der Waals surface area (Å²) in [5.41, 5.74) is 0. The Balaban J connectivity index is 1.81. The zero-order chi connectivity index (χ0) is 10.5. The van der Waals surface area contributed by atoms with Crippen molar-refractivity contribution in [3.8, 4) is 0 Å². The molecule has 0 aromatic carbocycles. The molecule has 0 amide bonds. The fourth-order valence-corrected chi connectivity index (χ4v) is 2.07. The minimum atomic E-state index is 0.676. The molecule has 0 unspecified atom stereocenters. The molecule has 78 valence electrons. The van der Waals surface area contributed by atoms with Crippen LogP contribution in [0, 0.1) is 0 Å². The smallest absolute Gasteiger partial charge is 0.222 e. The number of rotatable bonds is 4. The van der Waals surface area contributed by atoms with Gasteiger partial charge in [0.05, 0.1) is 4.47 Å². The second-order valence-corrected chi connectivity index (χ2v) is 4.93. The van der Waals surface area contributed by atoms with E-state index < -0.39 is 0 Å². The van der Waals surface area contributed by atoms with Crippen molar-refractivity contribution in [2.75, 3.05) is 11.9 Å². The molecule has 15 heavy (non-hydrogen) atoms. The Morgan fingerprint density at radius 3 is 2.80 bits per heavy atom. The van der Waals surface area contributed by atoms with Gasteiger partial charge in [-0.3, -0.25) is 0 Å². The third-order valence-corrected chi connectivity index (χ3v) is 3.20. The first kappa shape index (κ1) is 10.6. The molecule has 0 aliphatic heterocycles. The summed E-state index contributed by atoms with van der Waals surface area (Å²) in [4.78, 5) is 9.64. The summed E-state index contributed by atoms with van der Waals surface area (Å²) in [5, 5.41) is 5.26. The van der Waals surface area contributed by atoms with Gasteiger partial charge in [-0.2, -0.15) is 0 Å². The molecular weight excluding hydrogens is 274 g/mol. The third kappa shape index (κ3) is 3.28. The Morgan fingerprint density at radius 2 is 2.13 bits per heavy atom. The first-order valence-corrected chi connectivity index (χ1v) is 6.25. The minimum absolute atomic E-state index is 0.676. The number of hydrogen-bond acceptors (Lipinski definition) is 4. The molecule has 2 aromatic heterocycles. The van der Waals surface area contributed by atoms with Crippen LogP contribution < -0.4 is 5.32 Å². The summed E-state index contributed by atoms with van der Waals surface area (Å²) < 4.78 is 0.895. The molecule has 2 rings (SSSR count). The standard InChI is InChI=1S/C10H10BrN3S/c11-8-6-13-10(14-7-8)12-4-3-9-2-1-5-15-9/h1-2,5-7H,3-4H2,(H,12,13,14). The molecule has 2 aromatic rings. The predicted octanol–water partition coefficient (Wildman–Crippen LogP) is 2.96. The van der Waals surface area contributed by atoms with Gasteiger partial charge < -0.3 is 5.32 Å². The molecule has 2 heterocycles. The van der Waals surface area contributed by atoms with Crippen molar-refractivity contribution in [3.05, 3.63) is 39.3 Å². The van der Waals surface area contributed by atoms with E-state index in [9.17, 15) is 0 Å². The third-order valence-electron chi connectivity index (χ3n) is 1.85. The molecule has 0 fully saturated rings. The predicted molar refractivity (Wildman–Crippen MR) is 66.2 cm³/mol. The highest BCUT2D eigenvalue weighted by Crippen LogP contribution is 2.10. The van der Waals surface area contributed by atoms with Crippen molar-refractivity contribution in [1.82, 2.24) is 9.97 Å². The van der Waals surface area contributed by atoms with Crippen molar-refractivity contribution >= 4 is 33.2 Å². The van der Waals surface area contributed by atoms with E-state index in [1.807, 2.05) is 0 Å². The monoisotopic (exact) mass is 283 g/mol. The van der Waals surface area contributed by atoms with Gasteiger partial charge in [0, 0.05) is 23.8 Å². The summed E-state index contributed by atoms with van der Waals surface area (Å²) in [7, 11) is 0. The average molecular weight is 284 g/mol. The van der Waals surface area contributed by atoms with Crippen LogP contribution in [0.25, 0.3) is 0 Å². The zero-order valence-corrected chi connectivity index (χ0v) is 10.4. The molecule has 0 radical (unpaired) electrons. The maximum atomic E-state index is 4.13. The molecule has 0 saturated heterocycles. The quantitative estimate of drug-likeness (QED) is 0.938. The van der Waals surface area contributed by atoms with Crippen molar-refractivity contribution in [3.63, 3.8) is 0 Å². The van der Waals surface area contributed by atoms with Gasteiger partial charge in [-0.1, -0.05) is 6.07 Å². The van der Waals surface area contributed by atoms with E-state index in [2.05, 4.69) is 48.7 Å². The first-order chi connectivity index (χ1) is 7.34. The van der Waals surface area contributed by atoms with Gasteiger partial charge >= 0.3 is 0 Å². The molecule has 5 heteroatoms. The summed E-state index contributed by atoms with van der Waals surface area (Å²) in [5.74, 6) is 0.676. The van der Waals surface area contributed by atoms with Gasteiger partial charge in [0.2, 0.25) is 5.95 Å². The summed E-state index contributed by atoms with van der Waals surface area (Å²) in [6.07, 6.45) is 4.48. The fourth-order valence-electron chi connectivity index (χ4n) is 1.16. The lowest BCUT2D eigenvalue weighted by Gasteiger charge is -2.02. The maximum Gasteiger partial charge on any atom is 0.222 e. The molecule has 0 atom stereocenters. The lowest BCUT2D eigenvalue weighted by Crippen LogP contribution is -2.06. The van der Waals surface area contributed by atoms with Gasteiger partial charge in [0.25, 0.3) is 0 Å². The molecule has 0 aliphatic carbocycles. The Hall–Kier alpha value is -0.940. The summed E-state index contributed by atoms with van der Waals surface area (Å²) >= 11 is 5.07. The van der Waals surface area contributed by atoms with E-state index in [1.165, 1.54) is 4.88 Å². The highest BCUT2D eigenvalue weighted by molar-refractivity contribution is 9.10. The van der Waals surface area contributed by atoms with Crippen LogP contribution in [0.15, 0.2) is 34.4 Å². The zero-order valence-electron chi connectivity index (χ0n) is 7.98. The number of anilines is 1. The van der Waals surface area contributed by atoms with Crippen LogP contribution >= 0.6 is 27.3 Å². The van der Waals surface area contributed by atoms with Crippen molar-refractivity contribution in [1.29, 1.82) is 0 Å². The number of hydrogen-bond donors (Lipinski definition) is 1. The highest BCUT2D eigenvalue weighted by atomic mass is 79.9. The second kappa shape index (κ2) is 5.23. The van der Waals surface area contributed by atoms with E-state index in [1.54, 1.807) is 23.7 Å². The van der Waals surface area contributed by atoms with Gasteiger partial charge in [0.15, 0.2) is 0 Å². The van der Waals surface area contributed by atoms with E-state index in [-0.39, 0.29) is 0 Å². The van der Waals surface area contributed by atoms with Crippen molar-refractivity contribution in [2.45, 2.75) is 6.42 Å². The van der Waals surface area contributed by atoms with Gasteiger partial charge in [-0.05, 0) is 33.8 Å². The minimum Gasteiger partial charge on any atom is -0.354 e. The number of nitrogens with one attached hydrogen (secondary N) is 1. The molecule has 0 bridgehead atoms. The Kier molecular flexibility index (Phi) is 3.69. The first-order valence-electron chi connectivity index (χ1n) is 4.58. The Bertz CT molecular complexity index is 399. The molecule has 0 aliphatic rings. The molecular formula is C10H10BrN3S. The maximum absolute atomic E-state index is 4.13. The van der Waals surface area contributed by atoms with Gasteiger partial charge in [0.1, 0.15) is 0 Å². The SMILES string of the molecule is Brc1cnc(NCCc2cccs2)nc1. The number of aromatic nitrogens is 2. The molecule has 0 saturated carbocycles. The van der Waals surface area contributed by atoms with Crippen molar-refractivity contribution < 1.29 is 0 Å². The molecule has 3 nitrogen and oxygen atoms in total. The van der Waals surface area contributed by atoms with E-state index in [4.69, 9.17) is 0 Å². The van der Waals surface area contributed by atoms with Crippen LogP contribution in [0.1, 0.15) is 4.88 Å². The van der Waals surface area contributed by atoms with Crippen LogP contribution in [0.4, 0.5) is 5.95 Å². The van der Waals surface area contributed by atoms with Crippen molar-refractivity contribution in [2.24, 2.45) is 0 Å². The number of thiophene rings is 1. The summed E-state index contributed by atoms with van der Waals surface area (Å²) in [6.45, 7) is 0.863. The number of nitrogens with zero attached hydrogens (tertiary/aromatic N) is 2. The van der Waals surface area contributed by atoms with Crippen LogP contribution in [0.2, 0.25) is 0 Å². The van der Waals surface area contributed by atoms with Crippen LogP contribution in [-0.4, -0.2) is 16.5 Å². The van der Waals surface area contributed by atoms with E-state index >= 15 is 0 Å². The lowest BCUT2D eigenvalue weighted by molar-refractivity contribution is 0.998. The van der Waals surface area contributed by atoms with Gasteiger partial charge in [-0.25, -0.2) is 9.97 Å². The van der Waals surface area contributed by atoms with Gasteiger partial charge in [-0.15, -0.1) is 11.3 Å². The average Bonchev–Trinajstić information content (AvgIpc) is 2.74. The lowest BCUT2D eigenvalue weighted by atomic mass is 10.3. The van der Waals surface area contributed by atoms with E-state index in [0.29, 0.717) is 5.95 Å². The summed E-state index contributed by atoms with van der Waals surface area (Å²) in [6, 6.07) is 4.20. The largest absolute Gasteiger partial charge is 0.354 e. The normalized spacial score (nSPS) is 10.2. The fraction of sp³-hybridized carbons (Fsp3) is 0.200. The topological polar surface area (TPSA) is 37.8 Å². The highest BCUT2D eigenvalue weighted by Gasteiger charge is 1.96. The van der Waals surface area contributed by atoms with Crippen LogP contribution in [0.5, 0.6) is 0 Å².